The number of hydrogen-bond donors (Lipinski definition) is 4. The van der Waals surface area contributed by atoms with E-state index in [-0.39, 0.29) is 17.4 Å². The summed E-state index contributed by atoms with van der Waals surface area (Å²) in [4.78, 5) is 13.3. The van der Waals surface area contributed by atoms with E-state index in [2.05, 4.69) is 15.4 Å². The van der Waals surface area contributed by atoms with Crippen LogP contribution in [0.5, 0.6) is 0 Å². The Morgan fingerprint density at radius 3 is 2.58 bits per heavy atom. The van der Waals surface area contributed by atoms with Crippen molar-refractivity contribution in [2.45, 2.75) is 37.1 Å². The first kappa shape index (κ1) is 24.0. The molecule has 12 heteroatoms. The van der Waals surface area contributed by atoms with Crippen molar-refractivity contribution < 1.29 is 24.9 Å². The number of nitrogens with one attached hydrogen (secondary N) is 1. The largest absolute Gasteiger partial charge is 0.387 e. The molecule has 2 aromatic heterocycles. The minimum absolute atomic E-state index is 0. The minimum atomic E-state index is -1.66. The number of halogens is 3. The van der Waals surface area contributed by atoms with Gasteiger partial charge in [0.05, 0.1) is 22.5 Å². The Balaban J connectivity index is 0.00000272. The van der Waals surface area contributed by atoms with Crippen LogP contribution in [-0.2, 0) is 15.2 Å². The molecular formula is C19H21Cl3N4O5. The Morgan fingerprint density at radius 1 is 1.16 bits per heavy atom. The SMILES string of the molecule is CONc1ncnc2c1ccn2[C@@H]1O[C@H](C(C)(O)c2ccc(Cl)c(Cl)c2)[C@@H](O)[C@H]1O.Cl. The predicted octanol–water partition coefficient (Wildman–Crippen LogP) is 2.66. The quantitative estimate of drug-likeness (QED) is 0.402. The van der Waals surface area contributed by atoms with Gasteiger partial charge in [-0.3, -0.25) is 4.84 Å². The van der Waals surface area contributed by atoms with E-state index in [0.717, 1.165) is 0 Å². The Morgan fingerprint density at radius 2 is 1.90 bits per heavy atom. The van der Waals surface area contributed by atoms with Crippen molar-refractivity contribution in [3.63, 3.8) is 0 Å². The second kappa shape index (κ2) is 9.05. The van der Waals surface area contributed by atoms with Gasteiger partial charge in [0, 0.05) is 6.20 Å². The Labute approximate surface area is 193 Å². The number of rotatable bonds is 5. The van der Waals surface area contributed by atoms with E-state index in [1.54, 1.807) is 29.0 Å². The van der Waals surface area contributed by atoms with Crippen LogP contribution in [0.15, 0.2) is 36.8 Å². The van der Waals surface area contributed by atoms with Gasteiger partial charge in [0.15, 0.2) is 12.0 Å². The maximum absolute atomic E-state index is 11.2. The maximum atomic E-state index is 11.2. The molecule has 9 nitrogen and oxygen atoms in total. The zero-order valence-electron chi connectivity index (χ0n) is 16.4. The number of hydrogen-bond acceptors (Lipinski definition) is 8. The summed E-state index contributed by atoms with van der Waals surface area (Å²) < 4.78 is 7.52. The molecule has 1 unspecified atom stereocenters. The average molecular weight is 492 g/mol. The van der Waals surface area contributed by atoms with Crippen LogP contribution in [-0.4, -0.2) is 55.3 Å². The van der Waals surface area contributed by atoms with E-state index in [1.807, 2.05) is 0 Å². The summed E-state index contributed by atoms with van der Waals surface area (Å²) in [6, 6.07) is 6.36. The minimum Gasteiger partial charge on any atom is -0.387 e. The number of ether oxygens (including phenoxy) is 1. The molecule has 0 saturated carbocycles. The molecule has 0 amide bonds. The Kier molecular flexibility index (Phi) is 6.99. The number of nitrogens with zero attached hydrogens (tertiary/aromatic N) is 3. The lowest BCUT2D eigenvalue weighted by Crippen LogP contribution is -2.45. The van der Waals surface area contributed by atoms with Gasteiger partial charge in [-0.1, -0.05) is 29.3 Å². The van der Waals surface area contributed by atoms with Crippen molar-refractivity contribution in [1.82, 2.24) is 14.5 Å². The highest BCUT2D eigenvalue weighted by atomic mass is 35.5. The van der Waals surface area contributed by atoms with Crippen LogP contribution < -0.4 is 5.48 Å². The molecule has 3 heterocycles. The molecule has 4 N–H and O–H groups in total. The lowest BCUT2D eigenvalue weighted by Gasteiger charge is -2.32. The van der Waals surface area contributed by atoms with Crippen molar-refractivity contribution in [3.8, 4) is 0 Å². The van der Waals surface area contributed by atoms with Crippen LogP contribution in [0.1, 0.15) is 18.7 Å². The third kappa shape index (κ3) is 4.08. The molecule has 1 fully saturated rings. The molecule has 4 rings (SSSR count). The summed E-state index contributed by atoms with van der Waals surface area (Å²) in [6.07, 6.45) is -1.87. The Bertz CT molecular complexity index is 1080. The van der Waals surface area contributed by atoms with Gasteiger partial charge in [0.1, 0.15) is 35.9 Å². The lowest BCUT2D eigenvalue weighted by molar-refractivity contribution is -0.135. The van der Waals surface area contributed by atoms with E-state index in [0.29, 0.717) is 27.4 Å². The van der Waals surface area contributed by atoms with Crippen molar-refractivity contribution >= 4 is 52.5 Å². The number of aliphatic hydroxyl groups is 3. The first-order valence-electron chi connectivity index (χ1n) is 9.05. The summed E-state index contributed by atoms with van der Waals surface area (Å²) in [5.74, 6) is 0.439. The van der Waals surface area contributed by atoms with Gasteiger partial charge in [-0.2, -0.15) is 0 Å². The number of aromatic nitrogens is 3. The van der Waals surface area contributed by atoms with E-state index in [1.165, 1.54) is 26.4 Å². The molecule has 1 aromatic carbocycles. The van der Waals surface area contributed by atoms with Crippen molar-refractivity contribution in [1.29, 1.82) is 0 Å². The van der Waals surface area contributed by atoms with Crippen molar-refractivity contribution in [2.75, 3.05) is 12.6 Å². The van der Waals surface area contributed by atoms with Crippen LogP contribution in [0.2, 0.25) is 10.0 Å². The van der Waals surface area contributed by atoms with Crippen LogP contribution in [0, 0.1) is 0 Å². The highest BCUT2D eigenvalue weighted by Gasteiger charge is 2.52. The lowest BCUT2D eigenvalue weighted by atomic mass is 9.87. The van der Waals surface area contributed by atoms with Gasteiger partial charge in [-0.15, -0.1) is 12.4 Å². The van der Waals surface area contributed by atoms with E-state index < -0.39 is 30.1 Å². The molecule has 3 aromatic rings. The molecular weight excluding hydrogens is 471 g/mol. The van der Waals surface area contributed by atoms with E-state index in [4.69, 9.17) is 32.8 Å². The van der Waals surface area contributed by atoms with Crippen LogP contribution >= 0.6 is 35.6 Å². The fourth-order valence-electron chi connectivity index (χ4n) is 3.68. The molecule has 0 spiro atoms. The van der Waals surface area contributed by atoms with Crippen LogP contribution in [0.25, 0.3) is 11.0 Å². The van der Waals surface area contributed by atoms with E-state index >= 15 is 0 Å². The molecule has 1 aliphatic heterocycles. The molecule has 0 bridgehead atoms. The molecule has 5 atom stereocenters. The van der Waals surface area contributed by atoms with Gasteiger partial charge in [0.25, 0.3) is 0 Å². The molecule has 0 radical (unpaired) electrons. The summed E-state index contributed by atoms with van der Waals surface area (Å²) in [5.41, 5.74) is 1.84. The average Bonchev–Trinajstić information content (AvgIpc) is 3.27. The molecule has 1 saturated heterocycles. The van der Waals surface area contributed by atoms with Crippen LogP contribution in [0.4, 0.5) is 5.82 Å². The van der Waals surface area contributed by atoms with Gasteiger partial charge in [-0.25, -0.2) is 15.4 Å². The first-order valence-corrected chi connectivity index (χ1v) is 9.81. The van der Waals surface area contributed by atoms with Crippen molar-refractivity contribution in [2.24, 2.45) is 0 Å². The summed E-state index contributed by atoms with van der Waals surface area (Å²) in [7, 11) is 1.46. The molecule has 1 aliphatic rings. The highest BCUT2D eigenvalue weighted by Crippen LogP contribution is 2.41. The normalized spacial score (nSPS) is 25.3. The summed E-state index contributed by atoms with van der Waals surface area (Å²) in [5, 5.41) is 33.8. The second-order valence-electron chi connectivity index (χ2n) is 7.19. The number of benzene rings is 1. The number of fused-ring (bicyclic) bond motifs is 1. The highest BCUT2D eigenvalue weighted by molar-refractivity contribution is 6.42. The standard InChI is InChI=1S/C19H20Cl2N4O5.ClH/c1-19(28,9-3-4-11(20)12(21)7-9)15-13(26)14(27)18(30-15)25-6-5-10-16(24-29-2)22-8-23-17(10)25;/h3-8,13-15,18,26-28H,1-2H3,(H,22,23,24);1H/t13-,14+,15-,18+,19?;/m0./s1. The maximum Gasteiger partial charge on any atom is 0.164 e. The zero-order chi connectivity index (χ0) is 21.6. The molecule has 31 heavy (non-hydrogen) atoms. The third-order valence-electron chi connectivity index (χ3n) is 5.28. The number of aliphatic hydroxyl groups excluding tert-OH is 2. The monoisotopic (exact) mass is 490 g/mol. The molecule has 0 aliphatic carbocycles. The van der Waals surface area contributed by atoms with Gasteiger partial charge >= 0.3 is 0 Å². The third-order valence-corrected chi connectivity index (χ3v) is 6.02. The van der Waals surface area contributed by atoms with E-state index in [9.17, 15) is 15.3 Å². The van der Waals surface area contributed by atoms with Crippen LogP contribution in [0.3, 0.4) is 0 Å². The summed E-state index contributed by atoms with van der Waals surface area (Å²) in [6.45, 7) is 1.48. The topological polar surface area (TPSA) is 122 Å². The zero-order valence-corrected chi connectivity index (χ0v) is 18.8. The van der Waals surface area contributed by atoms with Gasteiger partial charge < -0.3 is 24.6 Å². The fourth-order valence-corrected chi connectivity index (χ4v) is 3.98. The second-order valence-corrected chi connectivity index (χ2v) is 8.01. The summed E-state index contributed by atoms with van der Waals surface area (Å²) >= 11 is 12.0. The van der Waals surface area contributed by atoms with Crippen molar-refractivity contribution in [3.05, 3.63) is 52.4 Å². The Hall–Kier alpha value is -1.69. The number of anilines is 1. The molecule has 168 valence electrons. The van der Waals surface area contributed by atoms with Gasteiger partial charge in [-0.05, 0) is 30.7 Å². The smallest absolute Gasteiger partial charge is 0.164 e. The first-order chi connectivity index (χ1) is 14.3. The fraction of sp³-hybridized carbons (Fsp3) is 0.368. The predicted molar refractivity (Wildman–Crippen MR) is 117 cm³/mol. The van der Waals surface area contributed by atoms with Gasteiger partial charge in [0.2, 0.25) is 0 Å².